The van der Waals surface area contributed by atoms with Gasteiger partial charge < -0.3 is 10.5 Å². The van der Waals surface area contributed by atoms with Crippen molar-refractivity contribution in [2.75, 3.05) is 12.8 Å². The zero-order valence-electron chi connectivity index (χ0n) is 9.84. The van der Waals surface area contributed by atoms with Crippen LogP contribution in [0, 0.1) is 0 Å². The van der Waals surface area contributed by atoms with Gasteiger partial charge in [-0.15, -0.1) is 0 Å². The van der Waals surface area contributed by atoms with Crippen LogP contribution in [-0.4, -0.2) is 16.7 Å². The number of aromatic nitrogens is 2. The lowest BCUT2D eigenvalue weighted by Crippen LogP contribution is -2.28. The smallest absolute Gasteiger partial charge is 0.328 e. The molecule has 6 nitrogen and oxygen atoms in total. The molecule has 0 amide bonds. The van der Waals surface area contributed by atoms with Crippen LogP contribution in [0.15, 0.2) is 40.1 Å². The molecule has 94 valence electrons. The second kappa shape index (κ2) is 4.79. The van der Waals surface area contributed by atoms with Crippen LogP contribution >= 0.6 is 0 Å². The fraction of sp³-hybridized carbons (Fsp3) is 0.167. The summed E-state index contributed by atoms with van der Waals surface area (Å²) >= 11 is 0. The maximum atomic E-state index is 11.5. The molecule has 1 heterocycles. The third kappa shape index (κ3) is 2.60. The molecular formula is C12H13N3O3. The minimum absolute atomic E-state index is 0.316. The summed E-state index contributed by atoms with van der Waals surface area (Å²) in [7, 11) is 1.55. The zero-order valence-corrected chi connectivity index (χ0v) is 9.84. The normalized spacial score (nSPS) is 10.3. The molecular weight excluding hydrogens is 234 g/mol. The van der Waals surface area contributed by atoms with Crippen LogP contribution in [0.2, 0.25) is 0 Å². The lowest BCUT2D eigenvalue weighted by Gasteiger charge is -2.08. The highest BCUT2D eigenvalue weighted by molar-refractivity contribution is 5.47. The number of anilines is 1. The predicted molar refractivity (Wildman–Crippen MR) is 67.8 cm³/mol. The minimum atomic E-state index is -0.455. The van der Waals surface area contributed by atoms with E-state index in [-0.39, 0.29) is 0 Å². The van der Waals surface area contributed by atoms with Crippen molar-refractivity contribution < 1.29 is 4.74 Å². The van der Waals surface area contributed by atoms with Gasteiger partial charge in [-0.3, -0.25) is 14.3 Å². The third-order valence-corrected chi connectivity index (χ3v) is 2.47. The average molecular weight is 247 g/mol. The van der Waals surface area contributed by atoms with Crippen molar-refractivity contribution in [2.45, 2.75) is 6.54 Å². The van der Waals surface area contributed by atoms with Crippen molar-refractivity contribution >= 4 is 5.69 Å². The number of nitrogens with one attached hydrogen (secondary N) is 1. The van der Waals surface area contributed by atoms with Crippen LogP contribution in [0.4, 0.5) is 5.69 Å². The summed E-state index contributed by atoms with van der Waals surface area (Å²) < 4.78 is 6.48. The summed E-state index contributed by atoms with van der Waals surface area (Å²) in [6, 6.07) is 6.53. The van der Waals surface area contributed by atoms with Gasteiger partial charge in [-0.25, -0.2) is 4.79 Å². The molecule has 0 bridgehead atoms. The lowest BCUT2D eigenvalue weighted by molar-refractivity contribution is 0.414. The van der Waals surface area contributed by atoms with E-state index in [1.807, 2.05) is 0 Å². The first-order valence-corrected chi connectivity index (χ1v) is 5.31. The van der Waals surface area contributed by atoms with Crippen molar-refractivity contribution in [2.24, 2.45) is 0 Å². The summed E-state index contributed by atoms with van der Waals surface area (Å²) in [5.41, 5.74) is 6.23. The molecule has 1 aromatic heterocycles. The number of nitrogen functional groups attached to an aromatic ring is 1. The van der Waals surface area contributed by atoms with E-state index >= 15 is 0 Å². The Morgan fingerprint density at radius 2 is 2.11 bits per heavy atom. The Balaban J connectivity index is 2.36. The Hall–Kier alpha value is -2.50. The molecule has 0 atom stereocenters. The van der Waals surface area contributed by atoms with Crippen LogP contribution < -0.4 is 21.7 Å². The summed E-state index contributed by atoms with van der Waals surface area (Å²) in [6.45, 7) is 0.316. The van der Waals surface area contributed by atoms with Crippen molar-refractivity contribution in [1.82, 2.24) is 9.55 Å². The van der Waals surface area contributed by atoms with Gasteiger partial charge in [0, 0.05) is 24.0 Å². The van der Waals surface area contributed by atoms with Gasteiger partial charge in [0.15, 0.2) is 0 Å². The molecule has 0 spiro atoms. The number of rotatable bonds is 3. The predicted octanol–water partition coefficient (Wildman–Crippen LogP) is 0.176. The molecule has 1 aromatic carbocycles. The molecule has 3 N–H and O–H groups in total. The van der Waals surface area contributed by atoms with Crippen LogP contribution in [0.25, 0.3) is 0 Å². The number of nitrogens with two attached hydrogens (primary N) is 1. The molecule has 18 heavy (non-hydrogen) atoms. The first-order chi connectivity index (χ1) is 8.58. The van der Waals surface area contributed by atoms with E-state index < -0.39 is 11.2 Å². The topological polar surface area (TPSA) is 90.1 Å². The molecule has 0 aliphatic carbocycles. The molecule has 0 aliphatic heterocycles. The van der Waals surface area contributed by atoms with E-state index in [9.17, 15) is 9.59 Å². The first-order valence-electron chi connectivity index (χ1n) is 5.31. The molecule has 0 fully saturated rings. The van der Waals surface area contributed by atoms with Gasteiger partial charge in [0.2, 0.25) is 0 Å². The number of methoxy groups -OCH3 is 1. The molecule has 0 radical (unpaired) electrons. The van der Waals surface area contributed by atoms with Crippen molar-refractivity contribution in [3.8, 4) is 5.75 Å². The molecule has 2 aromatic rings. The first kappa shape index (κ1) is 12.0. The monoisotopic (exact) mass is 247 g/mol. The molecule has 0 saturated heterocycles. The number of hydrogen-bond donors (Lipinski definition) is 2. The van der Waals surface area contributed by atoms with E-state index in [4.69, 9.17) is 10.5 Å². The second-order valence-electron chi connectivity index (χ2n) is 3.85. The molecule has 0 unspecified atom stereocenters. The number of H-pyrrole nitrogens is 1. The van der Waals surface area contributed by atoms with Gasteiger partial charge in [-0.1, -0.05) is 0 Å². The number of nitrogens with zero attached hydrogens (tertiary/aromatic N) is 1. The van der Waals surface area contributed by atoms with Gasteiger partial charge in [-0.05, 0) is 17.7 Å². The summed E-state index contributed by atoms with van der Waals surface area (Å²) in [5, 5.41) is 0. The Morgan fingerprint density at radius 3 is 2.78 bits per heavy atom. The van der Waals surface area contributed by atoms with Gasteiger partial charge >= 0.3 is 5.69 Å². The summed E-state index contributed by atoms with van der Waals surface area (Å²) in [5.74, 6) is 0.627. The van der Waals surface area contributed by atoms with Gasteiger partial charge in [0.05, 0.1) is 13.7 Å². The van der Waals surface area contributed by atoms with E-state index in [0.29, 0.717) is 18.0 Å². The Bertz CT molecular complexity index is 673. The van der Waals surface area contributed by atoms with Crippen LogP contribution in [0.1, 0.15) is 5.56 Å². The van der Waals surface area contributed by atoms with Crippen molar-refractivity contribution in [3.63, 3.8) is 0 Å². The largest absolute Gasteiger partial charge is 0.497 e. The van der Waals surface area contributed by atoms with Gasteiger partial charge in [-0.2, -0.15) is 0 Å². The van der Waals surface area contributed by atoms with Crippen LogP contribution in [0.3, 0.4) is 0 Å². The van der Waals surface area contributed by atoms with Gasteiger partial charge in [0.1, 0.15) is 5.75 Å². The van der Waals surface area contributed by atoms with E-state index in [0.717, 1.165) is 5.56 Å². The van der Waals surface area contributed by atoms with E-state index in [1.165, 1.54) is 16.8 Å². The van der Waals surface area contributed by atoms with Crippen molar-refractivity contribution in [3.05, 3.63) is 56.9 Å². The van der Waals surface area contributed by atoms with E-state index in [2.05, 4.69) is 4.98 Å². The SMILES string of the molecule is COc1cc(N)cc(Cn2ccc(=O)[nH]c2=O)c1. The second-order valence-corrected chi connectivity index (χ2v) is 3.85. The molecule has 0 saturated carbocycles. The highest BCUT2D eigenvalue weighted by Crippen LogP contribution is 2.18. The molecule has 0 aliphatic rings. The van der Waals surface area contributed by atoms with Crippen LogP contribution in [0.5, 0.6) is 5.75 Å². The maximum absolute atomic E-state index is 11.5. The highest BCUT2D eigenvalue weighted by atomic mass is 16.5. The third-order valence-electron chi connectivity index (χ3n) is 2.47. The quantitative estimate of drug-likeness (QED) is 0.757. The summed E-state index contributed by atoms with van der Waals surface area (Å²) in [4.78, 5) is 24.7. The number of hydrogen-bond acceptors (Lipinski definition) is 4. The molecule has 6 heteroatoms. The maximum Gasteiger partial charge on any atom is 0.328 e. The number of benzene rings is 1. The number of ether oxygens (including phenoxy) is 1. The number of aromatic amines is 1. The zero-order chi connectivity index (χ0) is 13.1. The Kier molecular flexibility index (Phi) is 3.18. The minimum Gasteiger partial charge on any atom is -0.497 e. The molecule has 2 rings (SSSR count). The Morgan fingerprint density at radius 1 is 1.33 bits per heavy atom. The van der Waals surface area contributed by atoms with Crippen LogP contribution in [-0.2, 0) is 6.54 Å². The average Bonchev–Trinajstić information content (AvgIpc) is 2.32. The highest BCUT2D eigenvalue weighted by Gasteiger charge is 2.02. The fourth-order valence-corrected chi connectivity index (χ4v) is 1.66. The van der Waals surface area contributed by atoms with E-state index in [1.54, 1.807) is 25.3 Å². The lowest BCUT2D eigenvalue weighted by atomic mass is 10.2. The van der Waals surface area contributed by atoms with Gasteiger partial charge in [0.25, 0.3) is 5.56 Å². The van der Waals surface area contributed by atoms with Crippen molar-refractivity contribution in [1.29, 1.82) is 0 Å². The fourth-order valence-electron chi connectivity index (χ4n) is 1.66. The summed E-state index contributed by atoms with van der Waals surface area (Å²) in [6.07, 6.45) is 1.44. The Labute approximate surface area is 103 Å². The standard InChI is InChI=1S/C12H13N3O3/c1-18-10-5-8(4-9(13)6-10)7-15-3-2-11(16)14-12(15)17/h2-6H,7,13H2,1H3,(H,14,16,17).